The van der Waals surface area contributed by atoms with Crippen LogP contribution in [0.1, 0.15) is 90.9 Å². The highest BCUT2D eigenvalue weighted by atomic mass is 19.3. The molecule has 0 N–H and O–H groups in total. The summed E-state index contributed by atoms with van der Waals surface area (Å²) in [5, 5.41) is 0. The van der Waals surface area contributed by atoms with E-state index in [0.717, 1.165) is 38.5 Å². The molecule has 0 amide bonds. The van der Waals surface area contributed by atoms with Gasteiger partial charge in [0.05, 0.1) is 10.8 Å². The molecule has 5 heteroatoms. The molecule has 2 saturated carbocycles. The molecule has 2 saturated heterocycles. The maximum atomic E-state index is 15.0. The molecule has 0 aromatic rings. The maximum absolute atomic E-state index is 15.0. The van der Waals surface area contributed by atoms with Gasteiger partial charge in [-0.3, -0.25) is 4.74 Å². The summed E-state index contributed by atoms with van der Waals surface area (Å²) in [6, 6.07) is 0. The number of alkyl halides is 4. The second-order valence-corrected chi connectivity index (χ2v) is 8.83. The zero-order chi connectivity index (χ0) is 18.3. The first-order valence-electron chi connectivity index (χ1n) is 10.2. The monoisotopic (exact) mass is 364 g/mol. The molecule has 146 valence electrons. The fourth-order valence-corrected chi connectivity index (χ4v) is 6.06. The normalized spacial score (nSPS) is 43.0. The van der Waals surface area contributed by atoms with E-state index in [1.165, 1.54) is 0 Å². The molecule has 2 heterocycles. The largest absolute Gasteiger partial charge is 0.366 e. The van der Waals surface area contributed by atoms with Crippen molar-refractivity contribution < 1.29 is 22.3 Å². The third-order valence-corrected chi connectivity index (χ3v) is 7.61. The topological polar surface area (TPSA) is 9.23 Å². The van der Waals surface area contributed by atoms with Crippen molar-refractivity contribution in [2.45, 2.75) is 103 Å². The Morgan fingerprint density at radius 1 is 0.800 bits per heavy atom. The summed E-state index contributed by atoms with van der Waals surface area (Å²) in [5.74, 6) is 0.423. The molecule has 0 unspecified atom stereocenters. The number of halogens is 4. The lowest BCUT2D eigenvalue weighted by molar-refractivity contribution is -0.422. The summed E-state index contributed by atoms with van der Waals surface area (Å²) in [6.07, 6.45) is -0.320. The van der Waals surface area contributed by atoms with Crippen LogP contribution in [0.25, 0.3) is 0 Å². The maximum Gasteiger partial charge on any atom is 0.366 e. The van der Waals surface area contributed by atoms with Crippen LogP contribution >= 0.6 is 0 Å². The Labute approximate surface area is 148 Å². The third kappa shape index (κ3) is 3.02. The van der Waals surface area contributed by atoms with E-state index in [2.05, 4.69) is 11.7 Å². The van der Waals surface area contributed by atoms with Crippen molar-refractivity contribution in [1.82, 2.24) is 0 Å². The van der Waals surface area contributed by atoms with Crippen LogP contribution in [0.3, 0.4) is 0 Å². The van der Waals surface area contributed by atoms with Gasteiger partial charge in [0.15, 0.2) is 0 Å². The first kappa shape index (κ1) is 19.4. The van der Waals surface area contributed by atoms with Gasteiger partial charge in [-0.05, 0) is 56.8 Å². The number of rotatable bonds is 5. The molecule has 0 aromatic carbocycles. The lowest BCUT2D eigenvalue weighted by atomic mass is 9.55. The van der Waals surface area contributed by atoms with E-state index < -0.39 is 23.0 Å². The van der Waals surface area contributed by atoms with Gasteiger partial charge in [-0.25, -0.2) is 0 Å². The van der Waals surface area contributed by atoms with Gasteiger partial charge >= 0.3 is 12.2 Å². The van der Waals surface area contributed by atoms with Crippen molar-refractivity contribution in [3.05, 3.63) is 0 Å². The lowest BCUT2D eigenvalue weighted by Gasteiger charge is -2.49. The first-order chi connectivity index (χ1) is 11.7. The van der Waals surface area contributed by atoms with E-state index in [0.29, 0.717) is 12.3 Å². The second-order valence-electron chi connectivity index (χ2n) is 8.83. The Balaban J connectivity index is 1.85. The number of ether oxygens (including phenoxy) is 1. The van der Waals surface area contributed by atoms with Gasteiger partial charge in [0.25, 0.3) is 0 Å². The molecular weight excluding hydrogens is 332 g/mol. The Bertz CT molecular complexity index is 460. The molecular formula is C20H32F4O. The molecule has 1 nitrogen and oxygen atoms in total. The standard InChI is InChI=1S/C20H32F4O/c1-3-5-15-6-8-16(9-7-15)18-13-11-17(10-4-2,12-14-18)19(21,22)25-20(18,23)24/h15-16H,3-14H2,1-2H3. The zero-order valence-corrected chi connectivity index (χ0v) is 15.6. The highest BCUT2D eigenvalue weighted by Crippen LogP contribution is 2.68. The van der Waals surface area contributed by atoms with E-state index in [1.54, 1.807) is 0 Å². The molecule has 2 bridgehead atoms. The van der Waals surface area contributed by atoms with Crippen LogP contribution in [0.5, 0.6) is 0 Å². The zero-order valence-electron chi connectivity index (χ0n) is 15.6. The van der Waals surface area contributed by atoms with Crippen molar-refractivity contribution >= 4 is 0 Å². The lowest BCUT2D eigenvalue weighted by Crippen LogP contribution is -2.49. The highest BCUT2D eigenvalue weighted by molar-refractivity contribution is 5.06. The summed E-state index contributed by atoms with van der Waals surface area (Å²) in [4.78, 5) is 0. The molecule has 2 aliphatic heterocycles. The summed E-state index contributed by atoms with van der Waals surface area (Å²) < 4.78 is 63.9. The van der Waals surface area contributed by atoms with Crippen molar-refractivity contribution in [1.29, 1.82) is 0 Å². The molecule has 0 aromatic heterocycles. The Morgan fingerprint density at radius 3 is 1.92 bits per heavy atom. The van der Waals surface area contributed by atoms with Crippen LogP contribution in [-0.4, -0.2) is 12.2 Å². The Morgan fingerprint density at radius 2 is 1.40 bits per heavy atom. The van der Waals surface area contributed by atoms with Crippen LogP contribution in [0.4, 0.5) is 17.6 Å². The fourth-order valence-electron chi connectivity index (χ4n) is 6.06. The summed E-state index contributed by atoms with van der Waals surface area (Å²) >= 11 is 0. The number of fused-ring (bicyclic) bond motifs is 4. The van der Waals surface area contributed by atoms with Gasteiger partial charge < -0.3 is 0 Å². The SMILES string of the molecule is CCCC1CCC(C23CCC(CCC)(CC2)C(F)(F)OC3(F)F)CC1. The van der Waals surface area contributed by atoms with Gasteiger partial charge in [0, 0.05) is 0 Å². The molecule has 4 rings (SSSR count). The van der Waals surface area contributed by atoms with Gasteiger partial charge in [-0.15, -0.1) is 0 Å². The minimum atomic E-state index is -3.73. The molecule has 4 fully saturated rings. The Hall–Kier alpha value is -0.320. The van der Waals surface area contributed by atoms with Crippen LogP contribution in [0, 0.1) is 22.7 Å². The van der Waals surface area contributed by atoms with Crippen LogP contribution in [0.2, 0.25) is 0 Å². The van der Waals surface area contributed by atoms with Gasteiger partial charge in [-0.2, -0.15) is 17.6 Å². The molecule has 0 atom stereocenters. The van der Waals surface area contributed by atoms with Gasteiger partial charge in [0.2, 0.25) is 0 Å². The van der Waals surface area contributed by atoms with Crippen molar-refractivity contribution in [2.75, 3.05) is 0 Å². The predicted molar refractivity (Wildman–Crippen MR) is 89.6 cm³/mol. The quantitative estimate of drug-likeness (QED) is 0.470. The highest BCUT2D eigenvalue weighted by Gasteiger charge is 2.73. The minimum absolute atomic E-state index is 0.165. The fraction of sp³-hybridized carbons (Fsp3) is 1.00. The predicted octanol–water partition coefficient (Wildman–Crippen LogP) is 7.16. The third-order valence-electron chi connectivity index (χ3n) is 7.61. The average molecular weight is 364 g/mol. The molecule has 4 aliphatic rings. The smallest absolute Gasteiger partial charge is 0.254 e. The Kier molecular flexibility index (Phi) is 5.20. The average Bonchev–Trinajstić information content (AvgIpc) is 2.65. The molecule has 0 spiro atoms. The van der Waals surface area contributed by atoms with Crippen LogP contribution in [0.15, 0.2) is 0 Å². The minimum Gasteiger partial charge on any atom is -0.254 e. The summed E-state index contributed by atoms with van der Waals surface area (Å²) in [5.41, 5.74) is -2.79. The van der Waals surface area contributed by atoms with Crippen LogP contribution < -0.4 is 0 Å². The van der Waals surface area contributed by atoms with Gasteiger partial charge in [0.1, 0.15) is 0 Å². The molecule has 0 radical (unpaired) electrons. The van der Waals surface area contributed by atoms with E-state index in [4.69, 9.17) is 0 Å². The second kappa shape index (κ2) is 6.69. The van der Waals surface area contributed by atoms with Crippen molar-refractivity contribution in [3.63, 3.8) is 0 Å². The van der Waals surface area contributed by atoms with E-state index in [-0.39, 0.29) is 38.0 Å². The van der Waals surface area contributed by atoms with E-state index >= 15 is 8.78 Å². The van der Waals surface area contributed by atoms with E-state index in [1.807, 2.05) is 6.92 Å². The van der Waals surface area contributed by atoms with Crippen LogP contribution in [-0.2, 0) is 4.74 Å². The molecule has 2 aliphatic carbocycles. The van der Waals surface area contributed by atoms with E-state index in [9.17, 15) is 8.78 Å². The number of hydrogen-bond donors (Lipinski definition) is 0. The van der Waals surface area contributed by atoms with Crippen molar-refractivity contribution in [3.8, 4) is 0 Å². The van der Waals surface area contributed by atoms with Gasteiger partial charge in [-0.1, -0.05) is 46.0 Å². The summed E-state index contributed by atoms with van der Waals surface area (Å²) in [6.45, 7) is 3.99. The summed E-state index contributed by atoms with van der Waals surface area (Å²) in [7, 11) is 0. The first-order valence-corrected chi connectivity index (χ1v) is 10.2. The molecule has 25 heavy (non-hydrogen) atoms. The van der Waals surface area contributed by atoms with Crippen molar-refractivity contribution in [2.24, 2.45) is 22.7 Å². The number of hydrogen-bond acceptors (Lipinski definition) is 1.